The molecule has 1 aromatic rings. The van der Waals surface area contributed by atoms with E-state index in [9.17, 15) is 14.4 Å². The molecule has 1 aromatic heterocycles. The minimum absolute atomic E-state index is 0.200. The van der Waals surface area contributed by atoms with Gasteiger partial charge in [0.15, 0.2) is 0 Å². The highest BCUT2D eigenvalue weighted by Gasteiger charge is 2.14. The maximum Gasteiger partial charge on any atom is 0.325 e. The summed E-state index contributed by atoms with van der Waals surface area (Å²) in [5.74, 6) is -1.14. The van der Waals surface area contributed by atoms with Gasteiger partial charge in [0.1, 0.15) is 11.8 Å². The first-order chi connectivity index (χ1) is 8.99. The van der Waals surface area contributed by atoms with Gasteiger partial charge in [0, 0.05) is 0 Å². The molecule has 0 unspecified atom stereocenters. The maximum absolute atomic E-state index is 11.3. The largest absolute Gasteiger partial charge is 0.480 e. The van der Waals surface area contributed by atoms with Crippen molar-refractivity contribution in [1.82, 2.24) is 16.0 Å². The van der Waals surface area contributed by atoms with E-state index in [1.54, 1.807) is 12.1 Å². The Morgan fingerprint density at radius 3 is 2.68 bits per heavy atom. The first-order valence-corrected chi connectivity index (χ1v) is 5.55. The minimum Gasteiger partial charge on any atom is -0.480 e. The fourth-order valence-corrected chi connectivity index (χ4v) is 1.16. The molecule has 104 valence electrons. The van der Waals surface area contributed by atoms with Crippen LogP contribution in [-0.2, 0) is 16.1 Å². The van der Waals surface area contributed by atoms with Gasteiger partial charge in [-0.05, 0) is 19.1 Å². The first kappa shape index (κ1) is 14.6. The average Bonchev–Trinajstić information content (AvgIpc) is 2.86. The molecule has 8 heteroatoms. The summed E-state index contributed by atoms with van der Waals surface area (Å²) in [6.45, 7) is 1.23. The summed E-state index contributed by atoms with van der Waals surface area (Å²) >= 11 is 0. The van der Waals surface area contributed by atoms with E-state index in [0.717, 1.165) is 0 Å². The van der Waals surface area contributed by atoms with Crippen LogP contribution in [0.1, 0.15) is 12.7 Å². The highest BCUT2D eigenvalue weighted by atomic mass is 16.4. The molecule has 0 aliphatic carbocycles. The molecule has 0 spiro atoms. The van der Waals surface area contributed by atoms with Crippen molar-refractivity contribution in [3.8, 4) is 0 Å². The molecule has 0 saturated carbocycles. The summed E-state index contributed by atoms with van der Waals surface area (Å²) in [6.07, 6.45) is 1.48. The number of carboxylic acid groups (broad SMARTS) is 1. The van der Waals surface area contributed by atoms with E-state index in [0.29, 0.717) is 5.76 Å². The van der Waals surface area contributed by atoms with E-state index in [-0.39, 0.29) is 13.1 Å². The highest BCUT2D eigenvalue weighted by molar-refractivity contribution is 5.87. The van der Waals surface area contributed by atoms with Crippen molar-refractivity contribution < 1.29 is 23.9 Å². The summed E-state index contributed by atoms with van der Waals surface area (Å²) in [5.41, 5.74) is 0. The van der Waals surface area contributed by atoms with Gasteiger partial charge < -0.3 is 25.5 Å². The number of amides is 3. The van der Waals surface area contributed by atoms with E-state index >= 15 is 0 Å². The summed E-state index contributed by atoms with van der Waals surface area (Å²) < 4.78 is 5.00. The van der Waals surface area contributed by atoms with Gasteiger partial charge in [-0.1, -0.05) is 0 Å². The van der Waals surface area contributed by atoms with Gasteiger partial charge >= 0.3 is 12.0 Å². The summed E-state index contributed by atoms with van der Waals surface area (Å²) in [7, 11) is 0. The Hall–Kier alpha value is -2.51. The Bertz CT molecular complexity index is 443. The van der Waals surface area contributed by atoms with Crippen LogP contribution in [0.25, 0.3) is 0 Å². The van der Waals surface area contributed by atoms with E-state index in [2.05, 4.69) is 16.0 Å². The van der Waals surface area contributed by atoms with Crippen LogP contribution in [0.5, 0.6) is 0 Å². The van der Waals surface area contributed by atoms with Crippen LogP contribution >= 0.6 is 0 Å². The Morgan fingerprint density at radius 1 is 1.37 bits per heavy atom. The van der Waals surface area contributed by atoms with Gasteiger partial charge in [-0.15, -0.1) is 0 Å². The van der Waals surface area contributed by atoms with E-state index < -0.39 is 23.9 Å². The topological polar surface area (TPSA) is 121 Å². The van der Waals surface area contributed by atoms with Crippen molar-refractivity contribution >= 4 is 17.9 Å². The lowest BCUT2D eigenvalue weighted by atomic mass is 10.3. The lowest BCUT2D eigenvalue weighted by molar-refractivity contribution is -0.141. The summed E-state index contributed by atoms with van der Waals surface area (Å²) in [6, 6.07) is 1.84. The van der Waals surface area contributed by atoms with Crippen LogP contribution in [0.2, 0.25) is 0 Å². The lowest BCUT2D eigenvalue weighted by Crippen LogP contribution is -2.46. The predicted molar refractivity (Wildman–Crippen MR) is 64.2 cm³/mol. The Labute approximate surface area is 109 Å². The van der Waals surface area contributed by atoms with E-state index in [1.807, 2.05) is 0 Å². The number of urea groups is 1. The number of carbonyl (C=O) groups excluding carboxylic acids is 2. The SMILES string of the molecule is C[C@@H](NC(=O)CNC(=O)NCc1ccco1)C(=O)O. The zero-order chi connectivity index (χ0) is 14.3. The third kappa shape index (κ3) is 5.57. The molecule has 0 saturated heterocycles. The summed E-state index contributed by atoms with van der Waals surface area (Å²) in [4.78, 5) is 33.0. The molecule has 4 N–H and O–H groups in total. The van der Waals surface area contributed by atoms with Gasteiger partial charge in [0.05, 0.1) is 19.4 Å². The standard InChI is InChI=1S/C11H15N3O5/c1-7(10(16)17)14-9(15)6-13-11(18)12-5-8-3-2-4-19-8/h2-4,7H,5-6H2,1H3,(H,14,15)(H,16,17)(H2,12,13,18)/t7-/m1/s1. The predicted octanol–water partition coefficient (Wildman–Crippen LogP) is -0.332. The average molecular weight is 269 g/mol. The maximum atomic E-state index is 11.3. The zero-order valence-corrected chi connectivity index (χ0v) is 10.3. The van der Waals surface area contributed by atoms with Crippen LogP contribution in [-0.4, -0.2) is 35.6 Å². The first-order valence-electron chi connectivity index (χ1n) is 5.55. The number of hydrogen-bond donors (Lipinski definition) is 4. The molecule has 0 aliphatic rings. The molecule has 1 atom stereocenters. The monoisotopic (exact) mass is 269 g/mol. The zero-order valence-electron chi connectivity index (χ0n) is 10.3. The van der Waals surface area contributed by atoms with Gasteiger partial charge in [0.2, 0.25) is 5.91 Å². The molecule has 0 fully saturated rings. The molecule has 0 aliphatic heterocycles. The summed E-state index contributed by atoms with van der Waals surface area (Å²) in [5, 5.41) is 15.5. The number of aliphatic carboxylic acids is 1. The van der Waals surface area contributed by atoms with Crippen molar-refractivity contribution in [2.45, 2.75) is 19.5 Å². The van der Waals surface area contributed by atoms with Gasteiger partial charge in [-0.3, -0.25) is 9.59 Å². The van der Waals surface area contributed by atoms with Crippen molar-refractivity contribution in [2.75, 3.05) is 6.54 Å². The van der Waals surface area contributed by atoms with Gasteiger partial charge in [-0.2, -0.15) is 0 Å². The van der Waals surface area contributed by atoms with E-state index in [4.69, 9.17) is 9.52 Å². The number of carbonyl (C=O) groups is 3. The van der Waals surface area contributed by atoms with Crippen LogP contribution in [0.3, 0.4) is 0 Å². The fraction of sp³-hybridized carbons (Fsp3) is 0.364. The third-order valence-corrected chi connectivity index (χ3v) is 2.16. The van der Waals surface area contributed by atoms with E-state index in [1.165, 1.54) is 13.2 Å². The number of nitrogens with one attached hydrogen (secondary N) is 3. The molecule has 1 rings (SSSR count). The second-order valence-electron chi connectivity index (χ2n) is 3.74. The quantitative estimate of drug-likeness (QED) is 0.563. The number of rotatable bonds is 6. The van der Waals surface area contributed by atoms with Crippen molar-refractivity contribution in [1.29, 1.82) is 0 Å². The molecule has 0 aromatic carbocycles. The molecular weight excluding hydrogens is 254 g/mol. The number of carboxylic acids is 1. The Kier molecular flexibility index (Phi) is 5.39. The number of furan rings is 1. The molecule has 8 nitrogen and oxygen atoms in total. The second kappa shape index (κ2) is 7.04. The van der Waals surface area contributed by atoms with Crippen molar-refractivity contribution in [3.63, 3.8) is 0 Å². The minimum atomic E-state index is -1.14. The van der Waals surface area contributed by atoms with Crippen molar-refractivity contribution in [3.05, 3.63) is 24.2 Å². The molecule has 0 bridgehead atoms. The molecule has 3 amide bonds. The molecule has 0 radical (unpaired) electrons. The van der Waals surface area contributed by atoms with Crippen LogP contribution in [0.15, 0.2) is 22.8 Å². The number of hydrogen-bond acceptors (Lipinski definition) is 4. The molecule has 1 heterocycles. The Balaban J connectivity index is 2.19. The third-order valence-electron chi connectivity index (χ3n) is 2.16. The van der Waals surface area contributed by atoms with Crippen LogP contribution in [0.4, 0.5) is 4.79 Å². The van der Waals surface area contributed by atoms with Crippen LogP contribution < -0.4 is 16.0 Å². The van der Waals surface area contributed by atoms with Crippen molar-refractivity contribution in [2.24, 2.45) is 0 Å². The second-order valence-corrected chi connectivity index (χ2v) is 3.74. The fourth-order valence-electron chi connectivity index (χ4n) is 1.16. The Morgan fingerprint density at radius 2 is 2.11 bits per heavy atom. The van der Waals surface area contributed by atoms with Crippen LogP contribution in [0, 0.1) is 0 Å². The lowest BCUT2D eigenvalue weighted by Gasteiger charge is -2.10. The molecular formula is C11H15N3O5. The van der Waals surface area contributed by atoms with Gasteiger partial charge in [-0.25, -0.2) is 4.79 Å². The normalized spacial score (nSPS) is 11.4. The molecule has 19 heavy (non-hydrogen) atoms. The smallest absolute Gasteiger partial charge is 0.325 e. The highest BCUT2D eigenvalue weighted by Crippen LogP contribution is 1.97. The van der Waals surface area contributed by atoms with Gasteiger partial charge in [0.25, 0.3) is 0 Å².